The van der Waals surface area contributed by atoms with Gasteiger partial charge in [-0.3, -0.25) is 4.90 Å². The summed E-state index contributed by atoms with van der Waals surface area (Å²) in [6.45, 7) is 6.70. The van der Waals surface area contributed by atoms with Crippen LogP contribution < -0.4 is 19.7 Å². The van der Waals surface area contributed by atoms with Crippen LogP contribution in [0.15, 0.2) is 60.8 Å². The van der Waals surface area contributed by atoms with Crippen LogP contribution in [0.5, 0.6) is 23.1 Å². The Morgan fingerprint density at radius 3 is 2.34 bits per heavy atom. The molecule has 1 fully saturated rings. The van der Waals surface area contributed by atoms with Gasteiger partial charge in [-0.05, 0) is 76.2 Å². The highest BCUT2D eigenvalue weighted by molar-refractivity contribution is 5.95. The standard InChI is InChI=1S/C28H30FN3O6/c1-28(2,3)38-27(34)32(19-12-13-30-16-19)20-15-24(26(33)35-4)25(31-17-20)37-22-10-8-21(9-11-22)36-23-7-5-6-18(29)14-23/h5-11,14-15,17,19,30H,12-13,16H2,1-4H3. The van der Waals surface area contributed by atoms with Crippen LogP contribution in [0.1, 0.15) is 37.6 Å². The van der Waals surface area contributed by atoms with Gasteiger partial charge in [0, 0.05) is 12.6 Å². The molecule has 1 saturated heterocycles. The van der Waals surface area contributed by atoms with Gasteiger partial charge in [-0.2, -0.15) is 0 Å². The molecule has 2 heterocycles. The first-order chi connectivity index (χ1) is 18.1. The van der Waals surface area contributed by atoms with E-state index in [1.807, 2.05) is 0 Å². The number of halogens is 1. The van der Waals surface area contributed by atoms with Gasteiger partial charge < -0.3 is 24.3 Å². The number of methoxy groups -OCH3 is 1. The first-order valence-corrected chi connectivity index (χ1v) is 12.2. The van der Waals surface area contributed by atoms with Gasteiger partial charge >= 0.3 is 12.1 Å². The molecule has 4 rings (SSSR count). The fourth-order valence-corrected chi connectivity index (χ4v) is 3.90. The van der Waals surface area contributed by atoms with Crippen LogP contribution in [0, 0.1) is 5.82 Å². The number of nitrogens with one attached hydrogen (secondary N) is 1. The molecule has 3 aromatic rings. The number of ether oxygens (including phenoxy) is 4. The normalized spacial score (nSPS) is 15.0. The van der Waals surface area contributed by atoms with E-state index in [2.05, 4.69) is 10.3 Å². The van der Waals surface area contributed by atoms with Crippen molar-refractivity contribution in [1.82, 2.24) is 10.3 Å². The maximum atomic E-state index is 13.4. The van der Waals surface area contributed by atoms with Gasteiger partial charge in [0.2, 0.25) is 5.88 Å². The van der Waals surface area contributed by atoms with E-state index >= 15 is 0 Å². The summed E-state index contributed by atoms with van der Waals surface area (Å²) in [4.78, 5) is 31.6. The number of rotatable bonds is 7. The van der Waals surface area contributed by atoms with Crippen molar-refractivity contribution in [3.05, 3.63) is 72.2 Å². The molecule has 1 aliphatic heterocycles. The van der Waals surface area contributed by atoms with Crippen LogP contribution in [0.3, 0.4) is 0 Å². The lowest BCUT2D eigenvalue weighted by atomic mass is 10.1. The molecule has 10 heteroatoms. The number of hydrogen-bond acceptors (Lipinski definition) is 8. The number of nitrogens with zero attached hydrogens (tertiary/aromatic N) is 2. The van der Waals surface area contributed by atoms with E-state index in [0.29, 0.717) is 29.5 Å². The van der Waals surface area contributed by atoms with Gasteiger partial charge in [0.25, 0.3) is 0 Å². The van der Waals surface area contributed by atoms with Gasteiger partial charge in [0.1, 0.15) is 34.2 Å². The third-order valence-electron chi connectivity index (χ3n) is 5.58. The molecule has 1 amide bonds. The highest BCUT2D eigenvalue weighted by atomic mass is 19.1. The minimum atomic E-state index is -0.701. The highest BCUT2D eigenvalue weighted by Crippen LogP contribution is 2.31. The van der Waals surface area contributed by atoms with E-state index in [9.17, 15) is 14.0 Å². The summed E-state index contributed by atoms with van der Waals surface area (Å²) in [7, 11) is 1.25. The SMILES string of the molecule is COC(=O)c1cc(N(C(=O)OC(C)(C)C)C2CCNC2)cnc1Oc1ccc(Oc2cccc(F)c2)cc1. The van der Waals surface area contributed by atoms with Crippen LogP contribution in [0.2, 0.25) is 0 Å². The molecule has 9 nitrogen and oxygen atoms in total. The molecule has 0 saturated carbocycles. The number of carbonyl (C=O) groups excluding carboxylic acids is 2. The largest absolute Gasteiger partial charge is 0.465 e. The quantitative estimate of drug-likeness (QED) is 0.394. The minimum Gasteiger partial charge on any atom is -0.465 e. The Labute approximate surface area is 220 Å². The van der Waals surface area contributed by atoms with E-state index in [1.165, 1.54) is 36.4 Å². The van der Waals surface area contributed by atoms with Crippen molar-refractivity contribution in [2.45, 2.75) is 38.8 Å². The van der Waals surface area contributed by atoms with Crippen LogP contribution >= 0.6 is 0 Å². The van der Waals surface area contributed by atoms with Crippen molar-refractivity contribution in [2.75, 3.05) is 25.1 Å². The smallest absolute Gasteiger partial charge is 0.415 e. The summed E-state index contributed by atoms with van der Waals surface area (Å²) in [6.07, 6.45) is 1.65. The first kappa shape index (κ1) is 26.9. The van der Waals surface area contributed by atoms with Gasteiger partial charge in [-0.1, -0.05) is 6.07 Å². The van der Waals surface area contributed by atoms with Crippen LogP contribution in [-0.4, -0.2) is 48.9 Å². The number of pyridine rings is 1. The fraction of sp³-hybridized carbons (Fsp3) is 0.321. The van der Waals surface area contributed by atoms with Gasteiger partial charge in [-0.15, -0.1) is 0 Å². The second kappa shape index (κ2) is 11.5. The molecule has 1 aliphatic rings. The molecule has 0 bridgehead atoms. The van der Waals surface area contributed by atoms with E-state index < -0.39 is 23.5 Å². The monoisotopic (exact) mass is 523 g/mol. The Morgan fingerprint density at radius 2 is 1.74 bits per heavy atom. The average molecular weight is 524 g/mol. The molecule has 200 valence electrons. The van der Waals surface area contributed by atoms with E-state index in [1.54, 1.807) is 57.2 Å². The Balaban J connectivity index is 1.59. The maximum absolute atomic E-state index is 13.4. The number of hydrogen-bond donors (Lipinski definition) is 1. The molecule has 1 atom stereocenters. The lowest BCUT2D eigenvalue weighted by Gasteiger charge is -2.31. The molecular weight excluding hydrogens is 493 g/mol. The van der Waals surface area contributed by atoms with Crippen LogP contribution in [0.4, 0.5) is 14.9 Å². The summed E-state index contributed by atoms with van der Waals surface area (Å²) in [5.74, 6) is 0.142. The summed E-state index contributed by atoms with van der Waals surface area (Å²) < 4.78 is 35.5. The van der Waals surface area contributed by atoms with Gasteiger partial charge in [0.05, 0.1) is 25.0 Å². The Morgan fingerprint density at radius 1 is 1.03 bits per heavy atom. The maximum Gasteiger partial charge on any atom is 0.415 e. The minimum absolute atomic E-state index is 0.00749. The Hall–Kier alpha value is -4.18. The van der Waals surface area contributed by atoms with E-state index in [0.717, 1.165) is 13.0 Å². The van der Waals surface area contributed by atoms with Crippen molar-refractivity contribution < 1.29 is 32.9 Å². The average Bonchev–Trinajstić information content (AvgIpc) is 3.39. The number of aromatic nitrogens is 1. The van der Waals surface area contributed by atoms with E-state index in [4.69, 9.17) is 18.9 Å². The van der Waals surface area contributed by atoms with Crippen molar-refractivity contribution >= 4 is 17.7 Å². The fourth-order valence-electron chi connectivity index (χ4n) is 3.90. The number of benzene rings is 2. The predicted molar refractivity (Wildman–Crippen MR) is 139 cm³/mol. The lowest BCUT2D eigenvalue weighted by molar-refractivity contribution is 0.0561. The van der Waals surface area contributed by atoms with Gasteiger partial charge in [-0.25, -0.2) is 19.0 Å². The third-order valence-corrected chi connectivity index (χ3v) is 5.58. The number of amides is 1. The molecule has 0 spiro atoms. The zero-order valence-electron chi connectivity index (χ0n) is 21.7. The number of anilines is 1. The summed E-state index contributed by atoms with van der Waals surface area (Å²) >= 11 is 0. The van der Waals surface area contributed by atoms with Gasteiger partial charge in [0.15, 0.2) is 0 Å². The molecule has 2 aromatic carbocycles. The summed E-state index contributed by atoms with van der Waals surface area (Å²) in [6, 6.07) is 13.7. The Kier molecular flexibility index (Phi) is 8.11. The summed E-state index contributed by atoms with van der Waals surface area (Å²) in [5, 5.41) is 3.24. The molecule has 1 aromatic heterocycles. The van der Waals surface area contributed by atoms with Crippen molar-refractivity contribution in [3.8, 4) is 23.1 Å². The topological polar surface area (TPSA) is 99.2 Å². The zero-order valence-corrected chi connectivity index (χ0v) is 21.7. The molecule has 0 radical (unpaired) electrons. The second-order valence-corrected chi connectivity index (χ2v) is 9.67. The van der Waals surface area contributed by atoms with E-state index in [-0.39, 0.29) is 17.5 Å². The molecule has 38 heavy (non-hydrogen) atoms. The first-order valence-electron chi connectivity index (χ1n) is 12.2. The van der Waals surface area contributed by atoms with Crippen molar-refractivity contribution in [1.29, 1.82) is 0 Å². The number of carbonyl (C=O) groups is 2. The predicted octanol–water partition coefficient (Wildman–Crippen LogP) is 5.70. The third kappa shape index (κ3) is 6.77. The zero-order chi connectivity index (χ0) is 27.3. The number of esters is 1. The van der Waals surface area contributed by atoms with Crippen LogP contribution in [0.25, 0.3) is 0 Å². The van der Waals surface area contributed by atoms with Crippen LogP contribution in [-0.2, 0) is 9.47 Å². The van der Waals surface area contributed by atoms with Crippen molar-refractivity contribution in [2.24, 2.45) is 0 Å². The summed E-state index contributed by atoms with van der Waals surface area (Å²) in [5.41, 5.74) is -0.266. The Bertz CT molecular complexity index is 1290. The molecular formula is C28H30FN3O6. The molecule has 1 N–H and O–H groups in total. The lowest BCUT2D eigenvalue weighted by Crippen LogP contribution is -2.44. The molecule has 1 unspecified atom stereocenters. The molecule has 0 aliphatic carbocycles. The second-order valence-electron chi connectivity index (χ2n) is 9.67. The van der Waals surface area contributed by atoms with Crippen molar-refractivity contribution in [3.63, 3.8) is 0 Å². The highest BCUT2D eigenvalue weighted by Gasteiger charge is 2.33.